The summed E-state index contributed by atoms with van der Waals surface area (Å²) >= 11 is 1.39. The number of nitrogens with one attached hydrogen (secondary N) is 2. The summed E-state index contributed by atoms with van der Waals surface area (Å²) in [5.74, 6) is 0.715. The highest BCUT2D eigenvalue weighted by Gasteiger charge is 2.16. The third-order valence-corrected chi connectivity index (χ3v) is 4.35. The molecule has 0 saturated carbocycles. The zero-order chi connectivity index (χ0) is 16.2. The van der Waals surface area contributed by atoms with Crippen molar-refractivity contribution in [2.45, 2.75) is 17.3 Å². The fourth-order valence-electron chi connectivity index (χ4n) is 2.13. The molecule has 0 aliphatic carbocycles. The van der Waals surface area contributed by atoms with Crippen molar-refractivity contribution in [2.75, 3.05) is 12.4 Å². The second-order valence-electron chi connectivity index (χ2n) is 5.04. The Hall–Kier alpha value is -2.47. The second-order valence-corrected chi connectivity index (χ2v) is 6.37. The van der Waals surface area contributed by atoms with E-state index in [-0.39, 0.29) is 11.2 Å². The zero-order valence-electron chi connectivity index (χ0n) is 12.9. The molecule has 0 unspecified atom stereocenters. The van der Waals surface area contributed by atoms with Gasteiger partial charge in [-0.05, 0) is 31.2 Å². The van der Waals surface area contributed by atoms with E-state index in [0.29, 0.717) is 5.16 Å². The van der Waals surface area contributed by atoms with Crippen molar-refractivity contribution in [3.8, 4) is 5.75 Å². The van der Waals surface area contributed by atoms with E-state index in [2.05, 4.69) is 15.3 Å². The minimum atomic E-state index is -0.266. The van der Waals surface area contributed by atoms with Crippen LogP contribution >= 0.6 is 11.8 Å². The van der Waals surface area contributed by atoms with Crippen LogP contribution in [-0.4, -0.2) is 28.2 Å². The van der Waals surface area contributed by atoms with E-state index < -0.39 is 0 Å². The molecule has 23 heavy (non-hydrogen) atoms. The SMILES string of the molecule is COc1ccc2nc(S[C@@H](C)C(=O)Nc3ccccc3)[nH]c2c1. The number of amides is 1. The standard InChI is InChI=1S/C17H17N3O2S/c1-11(16(21)18-12-6-4-3-5-7-12)23-17-19-14-9-8-13(22-2)10-15(14)20-17/h3-11H,1-2H3,(H,18,21)(H,19,20)/t11-/m0/s1. The summed E-state index contributed by atoms with van der Waals surface area (Å²) in [5.41, 5.74) is 2.53. The molecule has 0 bridgehead atoms. The lowest BCUT2D eigenvalue weighted by atomic mass is 10.3. The Morgan fingerprint density at radius 2 is 2.04 bits per heavy atom. The summed E-state index contributed by atoms with van der Waals surface area (Å²) in [4.78, 5) is 19.9. The molecular weight excluding hydrogens is 310 g/mol. The van der Waals surface area contributed by atoms with Crippen molar-refractivity contribution in [2.24, 2.45) is 0 Å². The fraction of sp³-hybridized carbons (Fsp3) is 0.176. The van der Waals surface area contributed by atoms with Crippen LogP contribution in [0.15, 0.2) is 53.7 Å². The lowest BCUT2D eigenvalue weighted by Gasteiger charge is -2.10. The Kier molecular flexibility index (Phi) is 4.52. The van der Waals surface area contributed by atoms with Crippen molar-refractivity contribution in [1.82, 2.24) is 9.97 Å². The number of H-pyrrole nitrogens is 1. The van der Waals surface area contributed by atoms with Gasteiger partial charge < -0.3 is 15.0 Å². The average molecular weight is 327 g/mol. The first-order valence-corrected chi connectivity index (χ1v) is 8.10. The summed E-state index contributed by atoms with van der Waals surface area (Å²) in [6, 6.07) is 15.1. The number of aromatic nitrogens is 2. The highest BCUT2D eigenvalue weighted by Crippen LogP contribution is 2.26. The number of rotatable bonds is 5. The number of benzene rings is 2. The van der Waals surface area contributed by atoms with Crippen LogP contribution in [0.3, 0.4) is 0 Å². The zero-order valence-corrected chi connectivity index (χ0v) is 13.7. The first-order valence-electron chi connectivity index (χ1n) is 7.22. The van der Waals surface area contributed by atoms with Crippen LogP contribution < -0.4 is 10.1 Å². The number of para-hydroxylation sites is 1. The van der Waals surface area contributed by atoms with Gasteiger partial charge in [-0.1, -0.05) is 30.0 Å². The lowest BCUT2D eigenvalue weighted by Crippen LogP contribution is -2.22. The molecule has 2 N–H and O–H groups in total. The highest BCUT2D eigenvalue weighted by molar-refractivity contribution is 8.00. The van der Waals surface area contributed by atoms with E-state index in [1.807, 2.05) is 55.5 Å². The number of aromatic amines is 1. The molecule has 0 spiro atoms. The van der Waals surface area contributed by atoms with Crippen LogP contribution in [0.5, 0.6) is 5.75 Å². The molecule has 118 valence electrons. The predicted molar refractivity (Wildman–Crippen MR) is 93.0 cm³/mol. The molecule has 0 radical (unpaired) electrons. The number of carbonyl (C=O) groups excluding carboxylic acids is 1. The Bertz CT molecular complexity index is 817. The smallest absolute Gasteiger partial charge is 0.237 e. The highest BCUT2D eigenvalue weighted by atomic mass is 32.2. The number of carbonyl (C=O) groups is 1. The van der Waals surface area contributed by atoms with Gasteiger partial charge in [0, 0.05) is 11.8 Å². The Balaban J connectivity index is 1.69. The van der Waals surface area contributed by atoms with Crippen molar-refractivity contribution in [1.29, 1.82) is 0 Å². The number of thioether (sulfide) groups is 1. The number of imidazole rings is 1. The summed E-state index contributed by atoms with van der Waals surface area (Å²) in [6.07, 6.45) is 0. The van der Waals surface area contributed by atoms with E-state index in [1.54, 1.807) is 7.11 Å². The van der Waals surface area contributed by atoms with Crippen LogP contribution in [0.1, 0.15) is 6.92 Å². The molecule has 1 aromatic heterocycles. The van der Waals surface area contributed by atoms with Crippen LogP contribution in [0.2, 0.25) is 0 Å². The topological polar surface area (TPSA) is 67.0 Å². The molecule has 6 heteroatoms. The van der Waals surface area contributed by atoms with E-state index in [4.69, 9.17) is 4.74 Å². The number of ether oxygens (including phenoxy) is 1. The van der Waals surface area contributed by atoms with Gasteiger partial charge in [0.1, 0.15) is 5.75 Å². The monoisotopic (exact) mass is 327 g/mol. The maximum atomic E-state index is 12.2. The molecule has 0 aliphatic heterocycles. The summed E-state index contributed by atoms with van der Waals surface area (Å²) in [6.45, 7) is 1.86. The van der Waals surface area contributed by atoms with E-state index in [1.165, 1.54) is 11.8 Å². The molecule has 3 rings (SSSR count). The van der Waals surface area contributed by atoms with Crippen LogP contribution in [-0.2, 0) is 4.79 Å². The summed E-state index contributed by atoms with van der Waals surface area (Å²) in [7, 11) is 1.63. The van der Waals surface area contributed by atoms with Crippen molar-refractivity contribution in [3.05, 3.63) is 48.5 Å². The number of nitrogens with zero attached hydrogens (tertiary/aromatic N) is 1. The van der Waals surface area contributed by atoms with Gasteiger partial charge in [0.2, 0.25) is 5.91 Å². The third-order valence-electron chi connectivity index (χ3n) is 3.37. The summed E-state index contributed by atoms with van der Waals surface area (Å²) < 4.78 is 5.20. The van der Waals surface area contributed by atoms with Crippen LogP contribution in [0, 0.1) is 0 Å². The molecule has 2 aromatic carbocycles. The molecule has 3 aromatic rings. The average Bonchev–Trinajstić information content (AvgIpc) is 2.96. The fourth-order valence-corrected chi connectivity index (χ4v) is 2.96. The quantitative estimate of drug-likeness (QED) is 0.701. The number of hydrogen-bond donors (Lipinski definition) is 2. The predicted octanol–water partition coefficient (Wildman–Crippen LogP) is 3.69. The molecule has 0 fully saturated rings. The molecule has 0 aliphatic rings. The van der Waals surface area contributed by atoms with Gasteiger partial charge in [-0.25, -0.2) is 4.98 Å². The Morgan fingerprint density at radius 1 is 1.26 bits per heavy atom. The molecule has 1 heterocycles. The Morgan fingerprint density at radius 3 is 2.78 bits per heavy atom. The van der Waals surface area contributed by atoms with Gasteiger partial charge in [0.05, 0.1) is 23.4 Å². The summed E-state index contributed by atoms with van der Waals surface area (Å²) in [5, 5.41) is 3.34. The van der Waals surface area contributed by atoms with Gasteiger partial charge in [0.25, 0.3) is 0 Å². The van der Waals surface area contributed by atoms with Crippen LogP contribution in [0.25, 0.3) is 11.0 Å². The molecule has 1 atom stereocenters. The van der Waals surface area contributed by atoms with Crippen molar-refractivity contribution < 1.29 is 9.53 Å². The number of anilines is 1. The van der Waals surface area contributed by atoms with Crippen molar-refractivity contribution in [3.63, 3.8) is 0 Å². The minimum absolute atomic E-state index is 0.0563. The second kappa shape index (κ2) is 6.75. The van der Waals surface area contributed by atoms with E-state index >= 15 is 0 Å². The molecular formula is C17H17N3O2S. The Labute approximate surface area is 138 Å². The van der Waals surface area contributed by atoms with E-state index in [0.717, 1.165) is 22.5 Å². The number of hydrogen-bond acceptors (Lipinski definition) is 4. The number of methoxy groups -OCH3 is 1. The van der Waals surface area contributed by atoms with Crippen LogP contribution in [0.4, 0.5) is 5.69 Å². The van der Waals surface area contributed by atoms with E-state index in [9.17, 15) is 4.79 Å². The van der Waals surface area contributed by atoms with Crippen molar-refractivity contribution >= 4 is 34.4 Å². The minimum Gasteiger partial charge on any atom is -0.497 e. The molecule has 0 saturated heterocycles. The maximum absolute atomic E-state index is 12.2. The van der Waals surface area contributed by atoms with Gasteiger partial charge in [-0.2, -0.15) is 0 Å². The van der Waals surface area contributed by atoms with Gasteiger partial charge in [0.15, 0.2) is 5.16 Å². The largest absolute Gasteiger partial charge is 0.497 e. The number of fused-ring (bicyclic) bond motifs is 1. The molecule has 1 amide bonds. The maximum Gasteiger partial charge on any atom is 0.237 e. The van der Waals surface area contributed by atoms with Gasteiger partial charge in [-0.15, -0.1) is 0 Å². The van der Waals surface area contributed by atoms with Gasteiger partial charge in [-0.3, -0.25) is 4.79 Å². The lowest BCUT2D eigenvalue weighted by molar-refractivity contribution is -0.115. The molecule has 5 nitrogen and oxygen atoms in total. The van der Waals surface area contributed by atoms with Gasteiger partial charge >= 0.3 is 0 Å². The first kappa shape index (κ1) is 15.4. The first-order chi connectivity index (χ1) is 11.2. The third kappa shape index (κ3) is 3.65. The normalized spacial score (nSPS) is 12.1.